The molecule has 2 aliphatic rings. The van der Waals surface area contributed by atoms with Gasteiger partial charge in [0, 0.05) is 41.2 Å². The number of fused-ring (bicyclic) bond motifs is 2. The molecule has 0 aliphatic carbocycles. The maximum atomic E-state index is 9.55. The van der Waals surface area contributed by atoms with E-state index in [1.54, 1.807) is 5.57 Å². The summed E-state index contributed by atoms with van der Waals surface area (Å²) in [6, 6.07) is 2.20. The van der Waals surface area contributed by atoms with E-state index in [1.165, 1.54) is 16.0 Å². The molecule has 4 heterocycles. The van der Waals surface area contributed by atoms with Gasteiger partial charge in [-0.15, -0.1) is 11.3 Å². The van der Waals surface area contributed by atoms with Crippen LogP contribution in [0.3, 0.4) is 0 Å². The number of rotatable bonds is 2. The maximum Gasteiger partial charge on any atom is 0.328 e. The van der Waals surface area contributed by atoms with Crippen LogP contribution >= 0.6 is 11.3 Å². The molecule has 4 rings (SSSR count). The first-order valence-corrected chi connectivity index (χ1v) is 9.30. The first kappa shape index (κ1) is 18.8. The van der Waals surface area contributed by atoms with Gasteiger partial charge in [-0.25, -0.2) is 14.6 Å². The number of nitrogens with zero attached hydrogens (tertiary/aromatic N) is 2. The minimum Gasteiger partial charge on any atom is -0.478 e. The largest absolute Gasteiger partial charge is 0.478 e. The Hall–Kier alpha value is -2.97. The number of hydrogen-bond acceptors (Lipinski definition) is 5. The van der Waals surface area contributed by atoms with E-state index in [-0.39, 0.29) is 0 Å². The molecule has 2 aromatic rings. The maximum absolute atomic E-state index is 9.55. The highest BCUT2D eigenvalue weighted by Gasteiger charge is 2.22. The van der Waals surface area contributed by atoms with Crippen molar-refractivity contribution in [3.05, 3.63) is 57.8 Å². The van der Waals surface area contributed by atoms with Gasteiger partial charge in [0.05, 0.1) is 0 Å². The summed E-state index contributed by atoms with van der Waals surface area (Å²) in [5.74, 6) is -1.42. The van der Waals surface area contributed by atoms with E-state index in [4.69, 9.17) is 10.2 Å². The van der Waals surface area contributed by atoms with E-state index in [0.717, 1.165) is 31.8 Å². The molecular weight excluding hydrogens is 366 g/mol. The molecule has 0 bridgehead atoms. The van der Waals surface area contributed by atoms with Gasteiger partial charge in [-0.2, -0.15) is 0 Å². The summed E-state index contributed by atoms with van der Waals surface area (Å²) < 4.78 is 2.14. The van der Waals surface area contributed by atoms with Gasteiger partial charge < -0.3 is 20.1 Å². The third kappa shape index (κ3) is 4.60. The van der Waals surface area contributed by atoms with Gasteiger partial charge in [-0.1, -0.05) is 5.57 Å². The number of imidazole rings is 1. The summed E-state index contributed by atoms with van der Waals surface area (Å²) in [7, 11) is 0. The monoisotopic (exact) mass is 385 g/mol. The van der Waals surface area contributed by atoms with Crippen LogP contribution in [0.15, 0.2) is 41.6 Å². The minimum absolute atomic E-state index is 0.558. The van der Waals surface area contributed by atoms with Crippen LogP contribution in [-0.4, -0.2) is 44.8 Å². The highest BCUT2D eigenvalue weighted by atomic mass is 32.1. The van der Waals surface area contributed by atoms with Gasteiger partial charge >= 0.3 is 11.9 Å². The molecule has 0 atom stereocenters. The van der Waals surface area contributed by atoms with Gasteiger partial charge in [0.25, 0.3) is 0 Å². The molecular formula is C19H19N3O4S. The normalized spacial score (nSPS) is 15.6. The number of carboxylic acids is 2. The number of nitrogens with one attached hydrogen (secondary N) is 1. The molecule has 0 spiro atoms. The topological polar surface area (TPSA) is 104 Å². The lowest BCUT2D eigenvalue weighted by Crippen LogP contribution is -2.24. The average molecular weight is 385 g/mol. The van der Waals surface area contributed by atoms with Crippen molar-refractivity contribution >= 4 is 41.1 Å². The second kappa shape index (κ2) is 8.61. The first-order valence-electron chi connectivity index (χ1n) is 8.42. The fourth-order valence-electron chi connectivity index (χ4n) is 2.98. The van der Waals surface area contributed by atoms with Gasteiger partial charge in [0.15, 0.2) is 0 Å². The number of thiophene rings is 1. The SMILES string of the molecule is C1=Cn2ccnc2C(=C2CCNCC2)c2sccc21.O=C(O)/C=C/C(=O)O. The van der Waals surface area contributed by atoms with E-state index in [9.17, 15) is 9.59 Å². The lowest BCUT2D eigenvalue weighted by Gasteiger charge is -2.19. The summed E-state index contributed by atoms with van der Waals surface area (Å²) in [6.45, 7) is 2.15. The van der Waals surface area contributed by atoms with E-state index in [0.29, 0.717) is 12.2 Å². The van der Waals surface area contributed by atoms with Crippen molar-refractivity contribution in [1.82, 2.24) is 14.9 Å². The van der Waals surface area contributed by atoms with Crippen molar-refractivity contribution in [2.75, 3.05) is 13.1 Å². The van der Waals surface area contributed by atoms with Gasteiger partial charge in [0.1, 0.15) is 5.82 Å². The highest BCUT2D eigenvalue weighted by molar-refractivity contribution is 7.11. The molecule has 1 saturated heterocycles. The van der Waals surface area contributed by atoms with Crippen LogP contribution in [0.25, 0.3) is 17.8 Å². The molecule has 140 valence electrons. The first-order chi connectivity index (χ1) is 13.1. The Labute approximate surface area is 160 Å². The van der Waals surface area contributed by atoms with Crippen LogP contribution in [0.5, 0.6) is 0 Å². The lowest BCUT2D eigenvalue weighted by molar-refractivity contribution is -0.134. The van der Waals surface area contributed by atoms with Crippen LogP contribution in [0, 0.1) is 0 Å². The smallest absolute Gasteiger partial charge is 0.328 e. The molecule has 7 nitrogen and oxygen atoms in total. The van der Waals surface area contributed by atoms with Crippen LogP contribution in [0.4, 0.5) is 0 Å². The number of aliphatic carboxylic acids is 2. The number of piperidine rings is 1. The van der Waals surface area contributed by atoms with Crippen LogP contribution in [-0.2, 0) is 9.59 Å². The summed E-state index contributed by atoms with van der Waals surface area (Å²) in [4.78, 5) is 25.1. The highest BCUT2D eigenvalue weighted by Crippen LogP contribution is 2.37. The minimum atomic E-state index is -1.26. The van der Waals surface area contributed by atoms with Crippen molar-refractivity contribution in [2.24, 2.45) is 0 Å². The number of aromatic nitrogens is 2. The molecule has 0 aromatic carbocycles. The summed E-state index contributed by atoms with van der Waals surface area (Å²) in [5.41, 5.74) is 4.22. The Morgan fingerprint density at radius 1 is 1.19 bits per heavy atom. The Morgan fingerprint density at radius 2 is 1.89 bits per heavy atom. The number of carbonyl (C=O) groups is 2. The van der Waals surface area contributed by atoms with Crippen LogP contribution in [0.2, 0.25) is 0 Å². The van der Waals surface area contributed by atoms with E-state index in [1.807, 2.05) is 23.7 Å². The Morgan fingerprint density at radius 3 is 2.56 bits per heavy atom. The quantitative estimate of drug-likeness (QED) is 0.586. The zero-order valence-electron chi connectivity index (χ0n) is 14.5. The molecule has 2 aliphatic heterocycles. The summed E-state index contributed by atoms with van der Waals surface area (Å²) in [6.07, 6.45) is 11.6. The zero-order valence-corrected chi connectivity index (χ0v) is 15.3. The lowest BCUT2D eigenvalue weighted by atomic mass is 9.96. The summed E-state index contributed by atoms with van der Waals surface area (Å²) >= 11 is 1.82. The second-order valence-electron chi connectivity index (χ2n) is 5.92. The fourth-order valence-corrected chi connectivity index (χ4v) is 3.96. The van der Waals surface area contributed by atoms with E-state index in [2.05, 4.69) is 38.6 Å². The Balaban J connectivity index is 0.000000226. The van der Waals surface area contributed by atoms with Crippen molar-refractivity contribution in [3.63, 3.8) is 0 Å². The Bertz CT molecular complexity index is 866. The average Bonchev–Trinajstić information content (AvgIpc) is 3.28. The van der Waals surface area contributed by atoms with Crippen molar-refractivity contribution < 1.29 is 19.8 Å². The standard InChI is InChI=1S/C15H15N3S.C4H4O4/c1-5-16-6-2-11(1)13-14-12(4-10-19-14)3-8-18-9-7-17-15(13)18;5-3(6)1-2-4(7)8/h3-4,7-10,16H,1-2,5-6H2;1-2H,(H,5,6)(H,7,8)/b;2-1+. The molecule has 27 heavy (non-hydrogen) atoms. The molecule has 0 unspecified atom stereocenters. The van der Waals surface area contributed by atoms with Crippen molar-refractivity contribution in [3.8, 4) is 0 Å². The number of carboxylic acid groups (broad SMARTS) is 2. The third-order valence-corrected chi connectivity index (χ3v) is 5.11. The van der Waals surface area contributed by atoms with Gasteiger partial charge in [0.2, 0.25) is 0 Å². The third-order valence-electron chi connectivity index (χ3n) is 4.16. The van der Waals surface area contributed by atoms with Gasteiger partial charge in [-0.3, -0.25) is 0 Å². The molecule has 0 radical (unpaired) electrons. The molecule has 2 aromatic heterocycles. The van der Waals surface area contributed by atoms with Crippen molar-refractivity contribution in [1.29, 1.82) is 0 Å². The molecule has 8 heteroatoms. The van der Waals surface area contributed by atoms with Crippen molar-refractivity contribution in [2.45, 2.75) is 12.8 Å². The second-order valence-corrected chi connectivity index (χ2v) is 6.83. The van der Waals surface area contributed by atoms with E-state index < -0.39 is 11.9 Å². The zero-order chi connectivity index (χ0) is 19.2. The summed E-state index contributed by atoms with van der Waals surface area (Å²) in [5, 5.41) is 21.2. The number of hydrogen-bond donors (Lipinski definition) is 3. The Kier molecular flexibility index (Phi) is 6.00. The fraction of sp³-hybridized carbons (Fsp3) is 0.211. The molecule has 3 N–H and O–H groups in total. The van der Waals surface area contributed by atoms with Crippen LogP contribution in [0.1, 0.15) is 29.1 Å². The predicted octanol–water partition coefficient (Wildman–Crippen LogP) is 2.78. The van der Waals surface area contributed by atoms with Crippen LogP contribution < -0.4 is 5.32 Å². The van der Waals surface area contributed by atoms with Gasteiger partial charge in [-0.05, 0) is 49.0 Å². The van der Waals surface area contributed by atoms with E-state index >= 15 is 0 Å². The predicted molar refractivity (Wildman–Crippen MR) is 104 cm³/mol. The molecule has 0 amide bonds. The molecule has 0 saturated carbocycles. The molecule has 1 fully saturated rings.